The zero-order valence-electron chi connectivity index (χ0n) is 15.3. The molecule has 0 bridgehead atoms. The van der Waals surface area contributed by atoms with Gasteiger partial charge in [-0.1, -0.05) is 43.1 Å². The second-order valence-electron chi connectivity index (χ2n) is 6.25. The van der Waals surface area contributed by atoms with E-state index in [-0.39, 0.29) is 18.3 Å². The van der Waals surface area contributed by atoms with E-state index in [9.17, 15) is 9.59 Å². The molecule has 0 spiro atoms. The van der Waals surface area contributed by atoms with Crippen molar-refractivity contribution in [2.45, 2.75) is 26.8 Å². The number of carbonyl (C=O) groups is 2. The van der Waals surface area contributed by atoms with Crippen molar-refractivity contribution in [3.8, 4) is 0 Å². The molecule has 2 aromatic rings. The van der Waals surface area contributed by atoms with Gasteiger partial charge in [0.1, 0.15) is 5.01 Å². The van der Waals surface area contributed by atoms with Crippen LogP contribution in [0.15, 0.2) is 23.6 Å². The van der Waals surface area contributed by atoms with Crippen molar-refractivity contribution in [1.29, 1.82) is 0 Å². The Hall–Kier alpha value is -1.83. The van der Waals surface area contributed by atoms with Gasteiger partial charge < -0.3 is 15.0 Å². The number of methoxy groups -OCH3 is 1. The highest BCUT2D eigenvalue weighted by Gasteiger charge is 2.19. The van der Waals surface area contributed by atoms with Gasteiger partial charge >= 0.3 is 12.0 Å². The highest BCUT2D eigenvalue weighted by molar-refractivity contribution is 7.09. The molecular weight excluding hydrogens is 409 g/mol. The van der Waals surface area contributed by atoms with E-state index < -0.39 is 5.97 Å². The summed E-state index contributed by atoms with van der Waals surface area (Å²) in [6.45, 7) is 4.98. The summed E-state index contributed by atoms with van der Waals surface area (Å²) in [5, 5.41) is 5.71. The van der Waals surface area contributed by atoms with Gasteiger partial charge in [-0.3, -0.25) is 0 Å². The minimum absolute atomic E-state index is 0.236. The quantitative estimate of drug-likeness (QED) is 0.604. The molecule has 27 heavy (non-hydrogen) atoms. The zero-order valence-corrected chi connectivity index (χ0v) is 17.6. The standard InChI is InChI=1S/C18H21Cl2N3O3S/c1-11(2)7-8-23(9-15-21-14(10-27-15)17(24)26-3)18(25)22-13-6-4-5-12(19)16(13)20/h4-6,10-11H,7-9H2,1-3H3,(H,22,25). The van der Waals surface area contributed by atoms with Crippen molar-refractivity contribution in [1.82, 2.24) is 9.88 Å². The number of rotatable bonds is 7. The van der Waals surface area contributed by atoms with Crippen LogP contribution in [0.5, 0.6) is 0 Å². The summed E-state index contributed by atoms with van der Waals surface area (Å²) in [7, 11) is 1.30. The Morgan fingerprint density at radius 1 is 1.33 bits per heavy atom. The average molecular weight is 430 g/mol. The maximum atomic E-state index is 12.8. The molecule has 1 heterocycles. The number of anilines is 1. The van der Waals surface area contributed by atoms with Crippen LogP contribution < -0.4 is 5.32 Å². The molecule has 1 aromatic carbocycles. The fourth-order valence-electron chi connectivity index (χ4n) is 2.21. The first-order valence-corrected chi connectivity index (χ1v) is 9.98. The Labute approximate surface area is 172 Å². The lowest BCUT2D eigenvalue weighted by atomic mass is 10.1. The first-order chi connectivity index (χ1) is 12.8. The van der Waals surface area contributed by atoms with Gasteiger partial charge in [-0.05, 0) is 24.5 Å². The molecule has 9 heteroatoms. The highest BCUT2D eigenvalue weighted by atomic mass is 35.5. The van der Waals surface area contributed by atoms with Gasteiger partial charge in [0, 0.05) is 11.9 Å². The predicted molar refractivity (Wildman–Crippen MR) is 109 cm³/mol. The second kappa shape index (κ2) is 9.92. The van der Waals surface area contributed by atoms with Crippen LogP contribution in [0.4, 0.5) is 10.5 Å². The molecule has 0 fully saturated rings. The predicted octanol–water partition coefficient (Wildman–Crippen LogP) is 5.32. The van der Waals surface area contributed by atoms with E-state index >= 15 is 0 Å². The van der Waals surface area contributed by atoms with Crippen LogP contribution in [0.2, 0.25) is 10.0 Å². The fraction of sp³-hybridized carbons (Fsp3) is 0.389. The number of hydrogen-bond donors (Lipinski definition) is 1. The van der Waals surface area contributed by atoms with Gasteiger partial charge in [0.15, 0.2) is 5.69 Å². The maximum absolute atomic E-state index is 12.8. The van der Waals surface area contributed by atoms with Crippen LogP contribution in [-0.2, 0) is 11.3 Å². The molecule has 146 valence electrons. The van der Waals surface area contributed by atoms with Gasteiger partial charge in [0.25, 0.3) is 0 Å². The van der Waals surface area contributed by atoms with Crippen molar-refractivity contribution >= 4 is 52.2 Å². The number of ether oxygens (including phenoxy) is 1. The number of thiazole rings is 1. The Bertz CT molecular complexity index is 811. The number of esters is 1. The van der Waals surface area contributed by atoms with E-state index in [1.165, 1.54) is 18.4 Å². The Morgan fingerprint density at radius 2 is 2.07 bits per heavy atom. The average Bonchev–Trinajstić information content (AvgIpc) is 3.10. The van der Waals surface area contributed by atoms with E-state index in [1.807, 2.05) is 0 Å². The Balaban J connectivity index is 2.15. The molecule has 1 aromatic heterocycles. The smallest absolute Gasteiger partial charge is 0.357 e. The molecule has 0 unspecified atom stereocenters. The molecule has 0 saturated heterocycles. The van der Waals surface area contributed by atoms with Crippen molar-refractivity contribution in [2.24, 2.45) is 5.92 Å². The van der Waals surface area contributed by atoms with Crippen molar-refractivity contribution in [2.75, 3.05) is 19.0 Å². The number of nitrogens with zero attached hydrogens (tertiary/aromatic N) is 2. The summed E-state index contributed by atoms with van der Waals surface area (Å²) < 4.78 is 4.67. The third-order valence-electron chi connectivity index (χ3n) is 3.73. The van der Waals surface area contributed by atoms with Crippen LogP contribution in [-0.4, -0.2) is 35.5 Å². The monoisotopic (exact) mass is 429 g/mol. The largest absolute Gasteiger partial charge is 0.464 e. The van der Waals surface area contributed by atoms with Crippen LogP contribution in [0.3, 0.4) is 0 Å². The lowest BCUT2D eigenvalue weighted by Crippen LogP contribution is -2.35. The Kier molecular flexibility index (Phi) is 7.89. The summed E-state index contributed by atoms with van der Waals surface area (Å²) in [4.78, 5) is 30.2. The highest BCUT2D eigenvalue weighted by Crippen LogP contribution is 2.30. The number of benzene rings is 1. The zero-order chi connectivity index (χ0) is 20.0. The molecule has 0 saturated carbocycles. The lowest BCUT2D eigenvalue weighted by molar-refractivity contribution is 0.0594. The first kappa shape index (κ1) is 21.5. The summed E-state index contributed by atoms with van der Waals surface area (Å²) in [6, 6.07) is 4.74. The van der Waals surface area contributed by atoms with Crippen molar-refractivity contribution in [3.63, 3.8) is 0 Å². The third-order valence-corrected chi connectivity index (χ3v) is 5.38. The molecule has 2 rings (SSSR count). The molecule has 0 aliphatic carbocycles. The molecule has 1 N–H and O–H groups in total. The minimum Gasteiger partial charge on any atom is -0.464 e. The fourth-order valence-corrected chi connectivity index (χ4v) is 3.33. The number of hydrogen-bond acceptors (Lipinski definition) is 5. The number of urea groups is 1. The Morgan fingerprint density at radius 3 is 2.74 bits per heavy atom. The minimum atomic E-state index is -0.499. The molecule has 6 nitrogen and oxygen atoms in total. The third kappa shape index (κ3) is 6.09. The van der Waals surface area contributed by atoms with E-state index in [1.54, 1.807) is 28.5 Å². The molecule has 0 radical (unpaired) electrons. The SMILES string of the molecule is COC(=O)c1csc(CN(CCC(C)C)C(=O)Nc2cccc(Cl)c2Cl)n1. The van der Waals surface area contributed by atoms with E-state index in [4.69, 9.17) is 23.2 Å². The summed E-state index contributed by atoms with van der Waals surface area (Å²) in [6.07, 6.45) is 0.825. The van der Waals surface area contributed by atoms with Crippen LogP contribution in [0.25, 0.3) is 0 Å². The van der Waals surface area contributed by atoms with Crippen LogP contribution in [0.1, 0.15) is 35.8 Å². The van der Waals surface area contributed by atoms with Gasteiger partial charge in [-0.15, -0.1) is 11.3 Å². The summed E-state index contributed by atoms with van der Waals surface area (Å²) >= 11 is 13.5. The molecule has 2 amide bonds. The van der Waals surface area contributed by atoms with Crippen LogP contribution >= 0.6 is 34.5 Å². The number of halogens is 2. The molecular formula is C18H21Cl2N3O3S. The summed E-state index contributed by atoms with van der Waals surface area (Å²) in [5.74, 6) is -0.0710. The van der Waals surface area contributed by atoms with Gasteiger partial charge in [0.2, 0.25) is 0 Å². The second-order valence-corrected chi connectivity index (χ2v) is 7.98. The summed E-state index contributed by atoms with van der Waals surface area (Å²) in [5.41, 5.74) is 0.678. The molecule has 0 atom stereocenters. The maximum Gasteiger partial charge on any atom is 0.357 e. The van der Waals surface area contributed by atoms with Gasteiger partial charge in [0.05, 0.1) is 29.4 Å². The van der Waals surface area contributed by atoms with Gasteiger partial charge in [-0.2, -0.15) is 0 Å². The number of amides is 2. The number of aromatic nitrogens is 1. The first-order valence-electron chi connectivity index (χ1n) is 8.34. The number of nitrogens with one attached hydrogen (secondary N) is 1. The van der Waals surface area contributed by atoms with Gasteiger partial charge in [-0.25, -0.2) is 14.6 Å². The van der Waals surface area contributed by atoms with Crippen molar-refractivity contribution < 1.29 is 14.3 Å². The van der Waals surface area contributed by atoms with E-state index in [0.29, 0.717) is 33.2 Å². The molecule has 0 aliphatic rings. The lowest BCUT2D eigenvalue weighted by Gasteiger charge is -2.23. The van der Waals surface area contributed by atoms with Crippen LogP contribution in [0, 0.1) is 5.92 Å². The van der Waals surface area contributed by atoms with Crippen molar-refractivity contribution in [3.05, 3.63) is 44.3 Å². The number of carbonyl (C=O) groups excluding carboxylic acids is 2. The normalized spacial score (nSPS) is 10.7. The molecule has 0 aliphatic heterocycles. The topological polar surface area (TPSA) is 71.5 Å². The van der Waals surface area contributed by atoms with E-state index in [2.05, 4.69) is 28.9 Å². The van der Waals surface area contributed by atoms with E-state index in [0.717, 1.165) is 6.42 Å².